The van der Waals surface area contributed by atoms with Crippen LogP contribution in [-0.2, 0) is 4.74 Å². The highest BCUT2D eigenvalue weighted by Crippen LogP contribution is 2.29. The minimum atomic E-state index is -1.72. The third kappa shape index (κ3) is 1.73. The number of hydrogen-bond acceptors (Lipinski definition) is 5. The van der Waals surface area contributed by atoms with Crippen LogP contribution in [0.1, 0.15) is 6.23 Å². The highest BCUT2D eigenvalue weighted by molar-refractivity contribution is 4.92. The Morgan fingerprint density at radius 3 is 2.94 bits per heavy atom. The molecule has 1 fully saturated rings. The van der Waals surface area contributed by atoms with E-state index in [2.05, 4.69) is 4.98 Å². The molecule has 6 nitrogen and oxygen atoms in total. The summed E-state index contributed by atoms with van der Waals surface area (Å²) in [7, 11) is 0. The molecule has 16 heavy (non-hydrogen) atoms. The maximum Gasteiger partial charge on any atom is 0.349 e. The molecular formula is C9H11FN2O4. The fraction of sp³-hybridized carbons (Fsp3) is 0.556. The molecule has 1 saturated heterocycles. The van der Waals surface area contributed by atoms with Gasteiger partial charge in [-0.05, 0) is 6.07 Å². The smallest absolute Gasteiger partial charge is 0.349 e. The number of aliphatic hydroxyl groups excluding tert-OH is 2. The lowest BCUT2D eigenvalue weighted by atomic mass is 10.1. The van der Waals surface area contributed by atoms with Gasteiger partial charge in [-0.25, -0.2) is 14.2 Å². The first-order chi connectivity index (χ1) is 7.65. The van der Waals surface area contributed by atoms with Gasteiger partial charge in [0.05, 0.1) is 6.61 Å². The van der Waals surface area contributed by atoms with Crippen molar-refractivity contribution in [3.05, 3.63) is 28.9 Å². The SMILES string of the molecule is O=c1ncccn1[C@@H]1O[C@H](CO)[C@@H](F)[C@H]1O. The summed E-state index contributed by atoms with van der Waals surface area (Å²) in [5.74, 6) is 0. The zero-order valence-electron chi connectivity index (χ0n) is 8.23. The Hall–Kier alpha value is -1.31. The standard InChI is InChI=1S/C9H11FN2O4/c10-6-5(4-13)16-8(7(6)14)12-3-1-2-11-9(12)15/h1-3,5-8,13-14H,4H2/t5-,6-,7-,8-/m1/s1. The van der Waals surface area contributed by atoms with Crippen LogP contribution in [0.15, 0.2) is 23.3 Å². The molecule has 2 N–H and O–H groups in total. The van der Waals surface area contributed by atoms with Crippen LogP contribution in [-0.4, -0.2) is 44.8 Å². The van der Waals surface area contributed by atoms with Crippen LogP contribution in [0.25, 0.3) is 0 Å². The molecular weight excluding hydrogens is 219 g/mol. The molecule has 1 aliphatic rings. The van der Waals surface area contributed by atoms with Crippen LogP contribution >= 0.6 is 0 Å². The first kappa shape index (κ1) is 11.2. The van der Waals surface area contributed by atoms with Gasteiger partial charge in [0.15, 0.2) is 12.4 Å². The summed E-state index contributed by atoms with van der Waals surface area (Å²) in [6.07, 6.45) is -2.84. The van der Waals surface area contributed by atoms with E-state index in [1.165, 1.54) is 18.5 Å². The number of alkyl halides is 1. The quantitative estimate of drug-likeness (QED) is 0.669. The van der Waals surface area contributed by atoms with Crippen molar-refractivity contribution in [2.45, 2.75) is 24.6 Å². The molecule has 0 saturated carbocycles. The van der Waals surface area contributed by atoms with Crippen molar-refractivity contribution in [3.63, 3.8) is 0 Å². The van der Waals surface area contributed by atoms with Gasteiger partial charge < -0.3 is 14.9 Å². The normalized spacial score (nSPS) is 34.2. The van der Waals surface area contributed by atoms with Gasteiger partial charge >= 0.3 is 5.69 Å². The van der Waals surface area contributed by atoms with Crippen molar-refractivity contribution in [2.24, 2.45) is 0 Å². The number of halogens is 1. The predicted octanol–water partition coefficient (Wildman–Crippen LogP) is -1.17. The zero-order valence-corrected chi connectivity index (χ0v) is 8.23. The number of rotatable bonds is 2. The van der Waals surface area contributed by atoms with E-state index in [9.17, 15) is 14.3 Å². The number of aliphatic hydroxyl groups is 2. The molecule has 88 valence electrons. The summed E-state index contributed by atoms with van der Waals surface area (Å²) < 4.78 is 19.4. The number of nitrogens with zero attached hydrogens (tertiary/aromatic N) is 2. The lowest BCUT2D eigenvalue weighted by molar-refractivity contribution is -0.0537. The molecule has 0 aliphatic carbocycles. The van der Waals surface area contributed by atoms with Gasteiger partial charge in [-0.2, -0.15) is 0 Å². The van der Waals surface area contributed by atoms with Crippen molar-refractivity contribution >= 4 is 0 Å². The average Bonchev–Trinajstić information content (AvgIpc) is 2.57. The summed E-state index contributed by atoms with van der Waals surface area (Å²) in [6, 6.07) is 1.47. The van der Waals surface area contributed by atoms with Gasteiger partial charge in [-0.1, -0.05) is 0 Å². The molecule has 4 atom stereocenters. The number of hydrogen-bond donors (Lipinski definition) is 2. The number of aromatic nitrogens is 2. The van der Waals surface area contributed by atoms with E-state index in [0.717, 1.165) is 4.57 Å². The van der Waals surface area contributed by atoms with Gasteiger partial charge in [0.1, 0.15) is 12.2 Å². The topological polar surface area (TPSA) is 84.6 Å². The maximum absolute atomic E-state index is 13.4. The van der Waals surface area contributed by atoms with E-state index in [1.807, 2.05) is 0 Å². The Morgan fingerprint density at radius 1 is 1.62 bits per heavy atom. The van der Waals surface area contributed by atoms with Crippen molar-refractivity contribution < 1.29 is 19.3 Å². The number of ether oxygens (including phenoxy) is 1. The molecule has 2 heterocycles. The highest BCUT2D eigenvalue weighted by Gasteiger charge is 2.45. The van der Waals surface area contributed by atoms with Crippen molar-refractivity contribution in [2.75, 3.05) is 6.61 Å². The van der Waals surface area contributed by atoms with Crippen LogP contribution in [0.3, 0.4) is 0 Å². The van der Waals surface area contributed by atoms with Gasteiger partial charge in [-0.15, -0.1) is 0 Å². The lowest BCUT2D eigenvalue weighted by Gasteiger charge is -2.15. The second-order valence-electron chi connectivity index (χ2n) is 3.49. The van der Waals surface area contributed by atoms with Gasteiger partial charge in [0.2, 0.25) is 0 Å². The molecule has 7 heteroatoms. The predicted molar refractivity (Wildman–Crippen MR) is 50.4 cm³/mol. The average molecular weight is 230 g/mol. The Labute approximate surface area is 89.9 Å². The third-order valence-corrected chi connectivity index (χ3v) is 2.48. The fourth-order valence-corrected chi connectivity index (χ4v) is 1.65. The van der Waals surface area contributed by atoms with E-state index in [-0.39, 0.29) is 0 Å². The first-order valence-corrected chi connectivity index (χ1v) is 4.76. The molecule has 0 amide bonds. The highest BCUT2D eigenvalue weighted by atomic mass is 19.1. The van der Waals surface area contributed by atoms with Crippen LogP contribution in [0, 0.1) is 0 Å². The molecule has 1 aromatic heterocycles. The Kier molecular flexibility index (Phi) is 2.99. The van der Waals surface area contributed by atoms with E-state index in [4.69, 9.17) is 9.84 Å². The molecule has 1 aliphatic heterocycles. The monoisotopic (exact) mass is 230 g/mol. The van der Waals surface area contributed by atoms with Crippen LogP contribution in [0.5, 0.6) is 0 Å². The second kappa shape index (κ2) is 4.28. The fourth-order valence-electron chi connectivity index (χ4n) is 1.65. The van der Waals surface area contributed by atoms with E-state index < -0.39 is 36.9 Å². The Balaban J connectivity index is 2.30. The molecule has 0 aromatic carbocycles. The van der Waals surface area contributed by atoms with Gasteiger partial charge in [0.25, 0.3) is 0 Å². The minimum absolute atomic E-state index is 0.552. The molecule has 1 aromatic rings. The van der Waals surface area contributed by atoms with E-state index in [0.29, 0.717) is 0 Å². The molecule has 0 radical (unpaired) electrons. The van der Waals surface area contributed by atoms with Crippen LogP contribution in [0.2, 0.25) is 0 Å². The Morgan fingerprint density at radius 2 is 2.38 bits per heavy atom. The maximum atomic E-state index is 13.4. The summed E-state index contributed by atoms with van der Waals surface area (Å²) in [5.41, 5.74) is -0.641. The van der Waals surface area contributed by atoms with Crippen molar-refractivity contribution in [1.29, 1.82) is 0 Å². The second-order valence-corrected chi connectivity index (χ2v) is 3.49. The molecule has 2 rings (SSSR count). The minimum Gasteiger partial charge on any atom is -0.394 e. The van der Waals surface area contributed by atoms with Crippen LogP contribution < -0.4 is 5.69 Å². The lowest BCUT2D eigenvalue weighted by Crippen LogP contribution is -2.33. The molecule has 0 unspecified atom stereocenters. The summed E-state index contributed by atoms with van der Waals surface area (Å²) >= 11 is 0. The summed E-state index contributed by atoms with van der Waals surface area (Å²) in [5, 5.41) is 18.3. The zero-order chi connectivity index (χ0) is 11.7. The summed E-state index contributed by atoms with van der Waals surface area (Å²) in [6.45, 7) is -0.552. The van der Waals surface area contributed by atoms with Gasteiger partial charge in [-0.3, -0.25) is 4.57 Å². The molecule has 0 bridgehead atoms. The summed E-state index contributed by atoms with van der Waals surface area (Å²) in [4.78, 5) is 14.8. The largest absolute Gasteiger partial charge is 0.394 e. The van der Waals surface area contributed by atoms with Crippen molar-refractivity contribution in [1.82, 2.24) is 9.55 Å². The van der Waals surface area contributed by atoms with Crippen molar-refractivity contribution in [3.8, 4) is 0 Å². The van der Waals surface area contributed by atoms with E-state index in [1.54, 1.807) is 0 Å². The van der Waals surface area contributed by atoms with E-state index >= 15 is 0 Å². The third-order valence-electron chi connectivity index (χ3n) is 2.48. The first-order valence-electron chi connectivity index (χ1n) is 4.76. The van der Waals surface area contributed by atoms with Gasteiger partial charge in [0, 0.05) is 12.4 Å². The Bertz CT molecular complexity index is 424. The van der Waals surface area contributed by atoms with Crippen LogP contribution in [0.4, 0.5) is 4.39 Å². The molecule has 0 spiro atoms.